The summed E-state index contributed by atoms with van der Waals surface area (Å²) in [6.07, 6.45) is 1.15. The first kappa shape index (κ1) is 14.9. The van der Waals surface area contributed by atoms with E-state index < -0.39 is 11.8 Å². The molecule has 0 radical (unpaired) electrons. The number of rotatable bonds is 4. The third-order valence-corrected chi connectivity index (χ3v) is 3.98. The van der Waals surface area contributed by atoms with E-state index in [9.17, 15) is 9.18 Å². The molecule has 1 fully saturated rings. The van der Waals surface area contributed by atoms with E-state index in [1.165, 1.54) is 6.07 Å². The van der Waals surface area contributed by atoms with E-state index in [2.05, 4.69) is 11.8 Å². The van der Waals surface area contributed by atoms with Crippen molar-refractivity contribution in [3.8, 4) is 0 Å². The monoisotopic (exact) mass is 281 g/mol. The van der Waals surface area contributed by atoms with Gasteiger partial charge in [0.2, 0.25) is 0 Å². The van der Waals surface area contributed by atoms with Crippen LogP contribution in [0, 0.1) is 11.7 Å². The average Bonchev–Trinajstić information content (AvgIpc) is 2.42. The van der Waals surface area contributed by atoms with Gasteiger partial charge in [-0.15, -0.1) is 0 Å². The Morgan fingerprint density at radius 1 is 1.55 bits per heavy atom. The zero-order valence-electron chi connectivity index (χ0n) is 11.8. The Labute approximate surface area is 118 Å². The van der Waals surface area contributed by atoms with Gasteiger partial charge < -0.3 is 9.84 Å². The molecule has 2 atom stereocenters. The molecule has 1 aliphatic heterocycles. The minimum atomic E-state index is -1.23. The Hall–Kier alpha value is -1.46. The Balaban J connectivity index is 2.11. The molecule has 1 aromatic rings. The van der Waals surface area contributed by atoms with E-state index in [-0.39, 0.29) is 11.7 Å². The lowest BCUT2D eigenvalue weighted by atomic mass is 9.95. The number of hydrogen-bond acceptors (Lipinski definition) is 3. The number of aromatic carboxylic acids is 1. The van der Waals surface area contributed by atoms with E-state index in [1.807, 2.05) is 0 Å². The van der Waals surface area contributed by atoms with Gasteiger partial charge in [-0.25, -0.2) is 9.18 Å². The number of piperidine rings is 1. The second kappa shape index (κ2) is 6.33. The molecule has 110 valence electrons. The number of likely N-dealkylation sites (tertiary alicyclic amines) is 1. The molecule has 1 aromatic carbocycles. The molecule has 0 bridgehead atoms. The van der Waals surface area contributed by atoms with Crippen LogP contribution in [0.5, 0.6) is 0 Å². The maximum Gasteiger partial charge on any atom is 0.338 e. The minimum absolute atomic E-state index is 0.148. The standard InChI is InChI=1S/C15H20FNO3/c1-10-6-7-17(9-13(10)20-2)8-11-4-3-5-12(14(11)16)15(18)19/h3-5,10,13H,6-9H2,1-2H3,(H,18,19). The normalized spacial score (nSPS) is 23.8. The minimum Gasteiger partial charge on any atom is -0.478 e. The van der Waals surface area contributed by atoms with E-state index in [1.54, 1.807) is 19.2 Å². The van der Waals surface area contributed by atoms with Crippen molar-refractivity contribution in [3.05, 3.63) is 35.1 Å². The number of benzene rings is 1. The highest BCUT2D eigenvalue weighted by molar-refractivity contribution is 5.88. The highest BCUT2D eigenvalue weighted by Crippen LogP contribution is 2.22. The Morgan fingerprint density at radius 3 is 2.95 bits per heavy atom. The number of ether oxygens (including phenoxy) is 1. The second-order valence-corrected chi connectivity index (χ2v) is 5.36. The van der Waals surface area contributed by atoms with Crippen molar-refractivity contribution >= 4 is 5.97 Å². The number of carbonyl (C=O) groups is 1. The molecule has 1 N–H and O–H groups in total. The lowest BCUT2D eigenvalue weighted by molar-refractivity contribution is -0.00774. The zero-order chi connectivity index (χ0) is 14.7. The van der Waals surface area contributed by atoms with Gasteiger partial charge >= 0.3 is 5.97 Å². The summed E-state index contributed by atoms with van der Waals surface area (Å²) in [4.78, 5) is 13.0. The average molecular weight is 281 g/mol. The molecule has 0 aliphatic carbocycles. The number of hydrogen-bond donors (Lipinski definition) is 1. The molecule has 1 aliphatic rings. The van der Waals surface area contributed by atoms with Gasteiger partial charge in [0.25, 0.3) is 0 Å². The molecule has 20 heavy (non-hydrogen) atoms. The molecular formula is C15H20FNO3. The van der Waals surface area contributed by atoms with Crippen molar-refractivity contribution in [2.24, 2.45) is 5.92 Å². The first-order chi connectivity index (χ1) is 9.52. The van der Waals surface area contributed by atoms with Crippen molar-refractivity contribution in [1.82, 2.24) is 4.90 Å². The molecule has 2 unspecified atom stereocenters. The Kier molecular flexibility index (Phi) is 4.73. The van der Waals surface area contributed by atoms with Gasteiger partial charge in [-0.3, -0.25) is 4.90 Å². The van der Waals surface area contributed by atoms with E-state index in [0.29, 0.717) is 18.0 Å². The van der Waals surface area contributed by atoms with Crippen LogP contribution in [0.1, 0.15) is 29.3 Å². The number of nitrogens with zero attached hydrogens (tertiary/aromatic N) is 1. The lowest BCUT2D eigenvalue weighted by Crippen LogP contribution is -2.43. The summed E-state index contributed by atoms with van der Waals surface area (Å²) in [5, 5.41) is 8.94. The van der Waals surface area contributed by atoms with Gasteiger partial charge in [-0.05, 0) is 24.9 Å². The summed E-state index contributed by atoms with van der Waals surface area (Å²) >= 11 is 0. The largest absolute Gasteiger partial charge is 0.478 e. The van der Waals surface area contributed by atoms with Crippen molar-refractivity contribution in [1.29, 1.82) is 0 Å². The summed E-state index contributed by atoms with van der Waals surface area (Å²) < 4.78 is 19.5. The van der Waals surface area contributed by atoms with E-state index in [0.717, 1.165) is 19.5 Å². The quantitative estimate of drug-likeness (QED) is 0.920. The second-order valence-electron chi connectivity index (χ2n) is 5.36. The summed E-state index contributed by atoms with van der Waals surface area (Å²) in [5.74, 6) is -1.37. The van der Waals surface area contributed by atoms with Crippen LogP contribution in [0.25, 0.3) is 0 Å². The van der Waals surface area contributed by atoms with Crippen molar-refractivity contribution in [2.75, 3.05) is 20.2 Å². The predicted molar refractivity (Wildman–Crippen MR) is 73.2 cm³/mol. The molecule has 1 saturated heterocycles. The highest BCUT2D eigenvalue weighted by atomic mass is 19.1. The smallest absolute Gasteiger partial charge is 0.338 e. The first-order valence-electron chi connectivity index (χ1n) is 6.78. The van der Waals surface area contributed by atoms with Crippen molar-refractivity contribution in [3.63, 3.8) is 0 Å². The van der Waals surface area contributed by atoms with Gasteiger partial charge in [-0.1, -0.05) is 19.1 Å². The molecule has 0 spiro atoms. The maximum absolute atomic E-state index is 14.1. The third kappa shape index (κ3) is 3.16. The number of methoxy groups -OCH3 is 1. The van der Waals surface area contributed by atoms with E-state index >= 15 is 0 Å². The summed E-state index contributed by atoms with van der Waals surface area (Å²) in [6.45, 7) is 4.18. The number of carboxylic acid groups (broad SMARTS) is 1. The van der Waals surface area contributed by atoms with Crippen molar-refractivity contribution < 1.29 is 19.0 Å². The van der Waals surface area contributed by atoms with Crippen LogP contribution < -0.4 is 0 Å². The van der Waals surface area contributed by atoms with Gasteiger partial charge in [0.1, 0.15) is 5.82 Å². The van der Waals surface area contributed by atoms with Crippen LogP contribution in [0.4, 0.5) is 4.39 Å². The molecule has 0 amide bonds. The van der Waals surface area contributed by atoms with Gasteiger partial charge in [0.05, 0.1) is 11.7 Å². The van der Waals surface area contributed by atoms with Crippen LogP contribution in [-0.2, 0) is 11.3 Å². The van der Waals surface area contributed by atoms with Gasteiger partial charge in [-0.2, -0.15) is 0 Å². The molecule has 1 heterocycles. The fourth-order valence-corrected chi connectivity index (χ4v) is 2.66. The van der Waals surface area contributed by atoms with Crippen LogP contribution in [0.15, 0.2) is 18.2 Å². The van der Waals surface area contributed by atoms with Crippen LogP contribution in [-0.4, -0.2) is 42.3 Å². The maximum atomic E-state index is 14.1. The molecule has 0 aromatic heterocycles. The number of carboxylic acids is 1. The zero-order valence-corrected chi connectivity index (χ0v) is 11.8. The predicted octanol–water partition coefficient (Wildman–Crippen LogP) is 2.38. The molecule has 4 nitrogen and oxygen atoms in total. The topological polar surface area (TPSA) is 49.8 Å². The molecular weight excluding hydrogens is 261 g/mol. The lowest BCUT2D eigenvalue weighted by Gasteiger charge is -2.36. The Bertz CT molecular complexity index is 492. The molecule has 5 heteroatoms. The third-order valence-electron chi connectivity index (χ3n) is 3.98. The van der Waals surface area contributed by atoms with E-state index in [4.69, 9.17) is 9.84 Å². The van der Waals surface area contributed by atoms with Gasteiger partial charge in [0, 0.05) is 25.8 Å². The summed E-state index contributed by atoms with van der Waals surface area (Å²) in [5.41, 5.74) is 0.158. The van der Waals surface area contributed by atoms with Crippen LogP contribution in [0.3, 0.4) is 0 Å². The van der Waals surface area contributed by atoms with Crippen LogP contribution in [0.2, 0.25) is 0 Å². The summed E-state index contributed by atoms with van der Waals surface area (Å²) in [7, 11) is 1.69. The summed E-state index contributed by atoms with van der Waals surface area (Å²) in [6, 6.07) is 4.52. The highest BCUT2D eigenvalue weighted by Gasteiger charge is 2.26. The molecule has 2 rings (SSSR count). The Morgan fingerprint density at radius 2 is 2.30 bits per heavy atom. The fourth-order valence-electron chi connectivity index (χ4n) is 2.66. The molecule has 0 saturated carbocycles. The fraction of sp³-hybridized carbons (Fsp3) is 0.533. The van der Waals surface area contributed by atoms with Crippen LogP contribution >= 0.6 is 0 Å². The van der Waals surface area contributed by atoms with Crippen molar-refractivity contribution in [2.45, 2.75) is 26.0 Å². The number of halogens is 1. The SMILES string of the molecule is COC1CN(Cc2cccc(C(=O)O)c2F)CCC1C. The van der Waals surface area contributed by atoms with Gasteiger partial charge in [0.15, 0.2) is 0 Å². The first-order valence-corrected chi connectivity index (χ1v) is 6.78.